The molecule has 0 fully saturated rings. The van der Waals surface area contributed by atoms with Crippen LogP contribution >= 0.6 is 0 Å². The highest BCUT2D eigenvalue weighted by atomic mass is 16.5. The largest absolute Gasteiger partial charge is 0.479 e. The van der Waals surface area contributed by atoms with Crippen LogP contribution in [0.15, 0.2) is 24.3 Å². The summed E-state index contributed by atoms with van der Waals surface area (Å²) in [5.41, 5.74) is 0.967. The van der Waals surface area contributed by atoms with Gasteiger partial charge in [-0.05, 0) is 13.0 Å². The van der Waals surface area contributed by atoms with E-state index in [9.17, 15) is 4.79 Å². The molecule has 0 heterocycles. The van der Waals surface area contributed by atoms with Gasteiger partial charge in [-0.25, -0.2) is 4.79 Å². The number of benzene rings is 1. The van der Waals surface area contributed by atoms with Crippen LogP contribution in [0.1, 0.15) is 26.3 Å². The van der Waals surface area contributed by atoms with Crippen molar-refractivity contribution in [1.82, 2.24) is 5.32 Å². The first-order valence-electron chi connectivity index (χ1n) is 5.71. The van der Waals surface area contributed by atoms with Crippen LogP contribution in [-0.4, -0.2) is 23.2 Å². The molecule has 1 aromatic carbocycles. The molecule has 4 nitrogen and oxygen atoms in total. The monoisotopic (exact) mass is 237 g/mol. The molecule has 0 amide bonds. The Morgan fingerprint density at radius 2 is 2.00 bits per heavy atom. The van der Waals surface area contributed by atoms with Crippen LogP contribution in [0.2, 0.25) is 0 Å². The van der Waals surface area contributed by atoms with E-state index in [1.54, 1.807) is 6.07 Å². The Morgan fingerprint density at radius 3 is 2.59 bits per heavy atom. The maximum absolute atomic E-state index is 10.7. The molecule has 0 saturated carbocycles. The lowest BCUT2D eigenvalue weighted by Gasteiger charge is -2.15. The van der Waals surface area contributed by atoms with Gasteiger partial charge in [-0.1, -0.05) is 32.0 Å². The van der Waals surface area contributed by atoms with Crippen LogP contribution in [0.5, 0.6) is 5.75 Å². The minimum absolute atomic E-state index is 0.375. The molecular formula is C13H19NO3. The molecule has 1 aromatic rings. The number of ether oxygens (including phenoxy) is 1. The predicted octanol–water partition coefficient (Wildman–Crippen LogP) is 2.04. The summed E-state index contributed by atoms with van der Waals surface area (Å²) < 4.78 is 5.40. The van der Waals surface area contributed by atoms with E-state index in [-0.39, 0.29) is 0 Å². The van der Waals surface area contributed by atoms with Gasteiger partial charge in [0, 0.05) is 18.2 Å². The van der Waals surface area contributed by atoms with Gasteiger partial charge in [0.1, 0.15) is 5.75 Å². The van der Waals surface area contributed by atoms with E-state index in [4.69, 9.17) is 9.84 Å². The first-order valence-corrected chi connectivity index (χ1v) is 5.71. The lowest BCUT2D eigenvalue weighted by atomic mass is 10.2. The summed E-state index contributed by atoms with van der Waals surface area (Å²) in [6, 6.07) is 7.84. The first-order chi connectivity index (χ1) is 8.00. The van der Waals surface area contributed by atoms with Crippen LogP contribution in [0.4, 0.5) is 0 Å². The van der Waals surface area contributed by atoms with Crippen molar-refractivity contribution in [3.8, 4) is 5.75 Å². The highest BCUT2D eigenvalue weighted by Crippen LogP contribution is 2.19. The van der Waals surface area contributed by atoms with Crippen molar-refractivity contribution in [2.75, 3.05) is 0 Å². The molecule has 0 spiro atoms. The van der Waals surface area contributed by atoms with Gasteiger partial charge in [0.2, 0.25) is 0 Å². The SMILES string of the molecule is CC(C)NCc1ccccc1OC(C)C(=O)O. The Balaban J connectivity index is 2.73. The summed E-state index contributed by atoms with van der Waals surface area (Å²) in [5.74, 6) is -0.341. The number of rotatable bonds is 6. The van der Waals surface area contributed by atoms with Crippen molar-refractivity contribution >= 4 is 5.97 Å². The van der Waals surface area contributed by atoms with Gasteiger partial charge in [0.25, 0.3) is 0 Å². The number of nitrogens with one attached hydrogen (secondary N) is 1. The molecule has 0 radical (unpaired) electrons. The van der Waals surface area contributed by atoms with Gasteiger partial charge in [-0.15, -0.1) is 0 Å². The number of carbonyl (C=O) groups is 1. The van der Waals surface area contributed by atoms with Crippen molar-refractivity contribution < 1.29 is 14.6 Å². The van der Waals surface area contributed by atoms with Crippen molar-refractivity contribution in [2.24, 2.45) is 0 Å². The molecule has 0 aliphatic heterocycles. The van der Waals surface area contributed by atoms with Crippen LogP contribution < -0.4 is 10.1 Å². The van der Waals surface area contributed by atoms with E-state index in [2.05, 4.69) is 19.2 Å². The molecular weight excluding hydrogens is 218 g/mol. The maximum atomic E-state index is 10.7. The smallest absolute Gasteiger partial charge is 0.344 e. The summed E-state index contributed by atoms with van der Waals surface area (Å²) >= 11 is 0. The molecule has 0 aromatic heterocycles. The van der Waals surface area contributed by atoms with E-state index in [1.165, 1.54) is 6.92 Å². The van der Waals surface area contributed by atoms with E-state index < -0.39 is 12.1 Å². The van der Waals surface area contributed by atoms with Gasteiger partial charge in [-0.3, -0.25) is 0 Å². The molecule has 0 aliphatic carbocycles. The highest BCUT2D eigenvalue weighted by Gasteiger charge is 2.14. The number of hydrogen-bond acceptors (Lipinski definition) is 3. The van der Waals surface area contributed by atoms with Crippen molar-refractivity contribution in [3.05, 3.63) is 29.8 Å². The number of para-hydroxylation sites is 1. The molecule has 0 aliphatic rings. The summed E-state index contributed by atoms with van der Waals surface area (Å²) in [6.45, 7) is 6.31. The average molecular weight is 237 g/mol. The molecule has 94 valence electrons. The van der Waals surface area contributed by atoms with Gasteiger partial charge in [0.05, 0.1) is 0 Å². The third-order valence-corrected chi connectivity index (χ3v) is 2.32. The van der Waals surface area contributed by atoms with E-state index in [1.807, 2.05) is 18.2 Å². The highest BCUT2D eigenvalue weighted by molar-refractivity contribution is 5.72. The summed E-state index contributed by atoms with van der Waals surface area (Å²) in [7, 11) is 0. The fourth-order valence-electron chi connectivity index (χ4n) is 1.32. The second kappa shape index (κ2) is 6.25. The minimum atomic E-state index is -0.961. The molecule has 1 atom stereocenters. The topological polar surface area (TPSA) is 58.6 Å². The first kappa shape index (κ1) is 13.5. The zero-order chi connectivity index (χ0) is 12.8. The molecule has 17 heavy (non-hydrogen) atoms. The standard InChI is InChI=1S/C13H19NO3/c1-9(2)14-8-11-6-4-5-7-12(11)17-10(3)13(15)16/h4-7,9-10,14H,8H2,1-3H3,(H,15,16). The second-order valence-electron chi connectivity index (χ2n) is 4.24. The average Bonchev–Trinajstić information content (AvgIpc) is 2.27. The Hall–Kier alpha value is -1.55. The van der Waals surface area contributed by atoms with Gasteiger partial charge in [-0.2, -0.15) is 0 Å². The second-order valence-corrected chi connectivity index (χ2v) is 4.24. The fourth-order valence-corrected chi connectivity index (χ4v) is 1.32. The van der Waals surface area contributed by atoms with Gasteiger partial charge in [0.15, 0.2) is 6.10 Å². The zero-order valence-corrected chi connectivity index (χ0v) is 10.4. The fraction of sp³-hybridized carbons (Fsp3) is 0.462. The summed E-state index contributed by atoms with van der Waals surface area (Å²) in [6.07, 6.45) is -0.838. The van der Waals surface area contributed by atoms with Gasteiger partial charge < -0.3 is 15.2 Å². The number of hydrogen-bond donors (Lipinski definition) is 2. The van der Waals surface area contributed by atoms with Crippen LogP contribution in [0.25, 0.3) is 0 Å². The Morgan fingerprint density at radius 1 is 1.35 bits per heavy atom. The normalized spacial score (nSPS) is 12.5. The van der Waals surface area contributed by atoms with Crippen LogP contribution in [0, 0.1) is 0 Å². The Kier molecular flexibility index (Phi) is 4.97. The number of carboxylic acid groups (broad SMARTS) is 1. The van der Waals surface area contributed by atoms with Gasteiger partial charge >= 0.3 is 5.97 Å². The van der Waals surface area contributed by atoms with E-state index in [0.717, 1.165) is 5.56 Å². The Bertz CT molecular complexity index is 377. The Labute approximate surface area is 102 Å². The quantitative estimate of drug-likeness (QED) is 0.795. The summed E-state index contributed by atoms with van der Waals surface area (Å²) in [5, 5.41) is 12.1. The van der Waals surface area contributed by atoms with Crippen molar-refractivity contribution in [2.45, 2.75) is 39.5 Å². The molecule has 1 rings (SSSR count). The van der Waals surface area contributed by atoms with Crippen LogP contribution in [0.3, 0.4) is 0 Å². The summed E-state index contributed by atoms with van der Waals surface area (Å²) in [4.78, 5) is 10.7. The molecule has 1 unspecified atom stereocenters. The molecule has 0 bridgehead atoms. The van der Waals surface area contributed by atoms with Crippen molar-refractivity contribution in [1.29, 1.82) is 0 Å². The zero-order valence-electron chi connectivity index (χ0n) is 10.4. The third-order valence-electron chi connectivity index (χ3n) is 2.32. The third kappa shape index (κ3) is 4.44. The van der Waals surface area contributed by atoms with Crippen molar-refractivity contribution in [3.63, 3.8) is 0 Å². The lowest BCUT2D eigenvalue weighted by molar-refractivity contribution is -0.144. The molecule has 4 heteroatoms. The van der Waals surface area contributed by atoms with Crippen LogP contribution in [-0.2, 0) is 11.3 Å². The minimum Gasteiger partial charge on any atom is -0.479 e. The van der Waals surface area contributed by atoms with E-state index >= 15 is 0 Å². The molecule has 2 N–H and O–H groups in total. The number of aliphatic carboxylic acids is 1. The predicted molar refractivity (Wildman–Crippen MR) is 66.1 cm³/mol. The molecule has 0 saturated heterocycles. The number of carboxylic acids is 1. The van der Waals surface area contributed by atoms with E-state index in [0.29, 0.717) is 18.3 Å². The lowest BCUT2D eigenvalue weighted by Crippen LogP contribution is -2.25. The maximum Gasteiger partial charge on any atom is 0.344 e.